The Morgan fingerprint density at radius 1 is 1.35 bits per heavy atom. The Balaban J connectivity index is 1.80. The summed E-state index contributed by atoms with van der Waals surface area (Å²) >= 11 is 0. The van der Waals surface area contributed by atoms with Gasteiger partial charge in [0.1, 0.15) is 12.4 Å². The van der Waals surface area contributed by atoms with Crippen LogP contribution >= 0.6 is 0 Å². The molecule has 0 spiro atoms. The summed E-state index contributed by atoms with van der Waals surface area (Å²) in [7, 11) is 0. The summed E-state index contributed by atoms with van der Waals surface area (Å²) in [5.41, 5.74) is 2.91. The monoisotopic (exact) mass is 270 g/mol. The average Bonchev–Trinajstić information content (AvgIpc) is 3.04. The molecule has 4 nitrogen and oxygen atoms in total. The predicted octanol–water partition coefficient (Wildman–Crippen LogP) is 3.17. The van der Waals surface area contributed by atoms with Crippen LogP contribution in [0.5, 0.6) is 5.75 Å². The standard InChI is InChI=1S/C16H18N2O2/c1-11(2)18-10-17-8-12(18)9-20-16-5-3-4-13-14(16)6-7-15(13)19/h3-5,8,10-11H,6-7,9H2,1-2H3. The summed E-state index contributed by atoms with van der Waals surface area (Å²) in [5, 5.41) is 0. The van der Waals surface area contributed by atoms with Crippen molar-refractivity contribution in [1.82, 2.24) is 9.55 Å². The van der Waals surface area contributed by atoms with Gasteiger partial charge in [0.15, 0.2) is 5.78 Å². The molecule has 4 heteroatoms. The van der Waals surface area contributed by atoms with Crippen LogP contribution < -0.4 is 4.74 Å². The number of carbonyl (C=O) groups is 1. The first-order chi connectivity index (χ1) is 9.66. The van der Waals surface area contributed by atoms with Gasteiger partial charge < -0.3 is 9.30 Å². The Kier molecular flexibility index (Phi) is 3.30. The second kappa shape index (κ2) is 5.12. The number of hydrogen-bond donors (Lipinski definition) is 0. The van der Waals surface area contributed by atoms with Crippen molar-refractivity contribution >= 4 is 5.78 Å². The molecule has 0 bridgehead atoms. The zero-order valence-electron chi connectivity index (χ0n) is 11.8. The fourth-order valence-electron chi connectivity index (χ4n) is 2.65. The molecule has 2 aromatic rings. The predicted molar refractivity (Wildman–Crippen MR) is 76.0 cm³/mol. The van der Waals surface area contributed by atoms with Crippen LogP contribution in [0.25, 0.3) is 0 Å². The summed E-state index contributed by atoms with van der Waals surface area (Å²) in [6.45, 7) is 4.71. The van der Waals surface area contributed by atoms with E-state index < -0.39 is 0 Å². The highest BCUT2D eigenvalue weighted by Gasteiger charge is 2.22. The molecule has 1 heterocycles. The topological polar surface area (TPSA) is 44.1 Å². The molecule has 1 aliphatic rings. The van der Waals surface area contributed by atoms with Gasteiger partial charge in [-0.2, -0.15) is 0 Å². The molecule has 3 rings (SSSR count). The van der Waals surface area contributed by atoms with E-state index in [-0.39, 0.29) is 5.78 Å². The van der Waals surface area contributed by atoms with Crippen molar-refractivity contribution in [3.63, 3.8) is 0 Å². The van der Waals surface area contributed by atoms with Crippen LogP contribution in [0.4, 0.5) is 0 Å². The number of Topliss-reactive ketones (excluding diaryl/α,β-unsaturated/α-hetero) is 1. The molecule has 20 heavy (non-hydrogen) atoms. The van der Waals surface area contributed by atoms with E-state index in [4.69, 9.17) is 4.74 Å². The van der Waals surface area contributed by atoms with E-state index in [1.54, 1.807) is 0 Å². The molecule has 0 N–H and O–H groups in total. The van der Waals surface area contributed by atoms with E-state index in [2.05, 4.69) is 23.4 Å². The number of fused-ring (bicyclic) bond motifs is 1. The molecule has 1 aromatic carbocycles. The van der Waals surface area contributed by atoms with Crippen LogP contribution in [-0.4, -0.2) is 15.3 Å². The van der Waals surface area contributed by atoms with Crippen molar-refractivity contribution in [3.05, 3.63) is 47.5 Å². The SMILES string of the molecule is CC(C)n1cncc1COc1cccc2c1CCC2=O. The largest absolute Gasteiger partial charge is 0.487 e. The molecular formula is C16H18N2O2. The van der Waals surface area contributed by atoms with E-state index in [0.29, 0.717) is 19.1 Å². The third kappa shape index (κ3) is 2.22. The molecule has 0 saturated heterocycles. The molecule has 0 fully saturated rings. The molecular weight excluding hydrogens is 252 g/mol. The second-order valence-electron chi connectivity index (χ2n) is 5.38. The Hall–Kier alpha value is -2.10. The third-order valence-electron chi connectivity index (χ3n) is 3.71. The quantitative estimate of drug-likeness (QED) is 0.857. The van der Waals surface area contributed by atoms with Crippen molar-refractivity contribution in [3.8, 4) is 5.75 Å². The molecule has 0 unspecified atom stereocenters. The molecule has 0 aliphatic heterocycles. The number of ether oxygens (including phenoxy) is 1. The van der Waals surface area contributed by atoms with Gasteiger partial charge in [0, 0.05) is 23.6 Å². The number of hydrogen-bond acceptors (Lipinski definition) is 3. The number of nitrogens with zero attached hydrogens (tertiary/aromatic N) is 2. The average molecular weight is 270 g/mol. The van der Waals surface area contributed by atoms with Gasteiger partial charge in [0.2, 0.25) is 0 Å². The van der Waals surface area contributed by atoms with E-state index in [1.165, 1.54) is 0 Å². The lowest BCUT2D eigenvalue weighted by molar-refractivity contribution is 0.0994. The second-order valence-corrected chi connectivity index (χ2v) is 5.38. The fraction of sp³-hybridized carbons (Fsp3) is 0.375. The highest BCUT2D eigenvalue weighted by Crippen LogP contribution is 2.31. The number of benzene rings is 1. The maximum Gasteiger partial charge on any atom is 0.163 e. The lowest BCUT2D eigenvalue weighted by Gasteiger charge is -2.14. The van der Waals surface area contributed by atoms with Gasteiger partial charge in [-0.15, -0.1) is 0 Å². The van der Waals surface area contributed by atoms with Crippen LogP contribution in [0.1, 0.15) is 47.9 Å². The normalized spacial score (nSPS) is 13.8. The van der Waals surface area contributed by atoms with Gasteiger partial charge in [0.05, 0.1) is 18.2 Å². The number of rotatable bonds is 4. The van der Waals surface area contributed by atoms with Crippen molar-refractivity contribution in [1.29, 1.82) is 0 Å². The van der Waals surface area contributed by atoms with Gasteiger partial charge in [0.25, 0.3) is 0 Å². The summed E-state index contributed by atoms with van der Waals surface area (Å²) in [4.78, 5) is 15.9. The van der Waals surface area contributed by atoms with Crippen LogP contribution in [0, 0.1) is 0 Å². The molecule has 1 aromatic heterocycles. The van der Waals surface area contributed by atoms with Crippen molar-refractivity contribution in [2.24, 2.45) is 0 Å². The molecule has 0 saturated carbocycles. The highest BCUT2D eigenvalue weighted by molar-refractivity contribution is 6.01. The minimum atomic E-state index is 0.220. The van der Waals surface area contributed by atoms with Gasteiger partial charge in [-0.3, -0.25) is 4.79 Å². The minimum Gasteiger partial charge on any atom is -0.487 e. The first-order valence-electron chi connectivity index (χ1n) is 6.95. The van der Waals surface area contributed by atoms with E-state index >= 15 is 0 Å². The zero-order chi connectivity index (χ0) is 14.1. The Morgan fingerprint density at radius 3 is 3.00 bits per heavy atom. The van der Waals surface area contributed by atoms with Gasteiger partial charge in [-0.25, -0.2) is 4.98 Å². The molecule has 0 radical (unpaired) electrons. The van der Waals surface area contributed by atoms with Gasteiger partial charge in [-0.1, -0.05) is 12.1 Å². The van der Waals surface area contributed by atoms with Crippen LogP contribution in [-0.2, 0) is 13.0 Å². The fourth-order valence-corrected chi connectivity index (χ4v) is 2.65. The minimum absolute atomic E-state index is 0.220. The molecule has 0 amide bonds. The first kappa shape index (κ1) is 12.9. The molecule has 1 aliphatic carbocycles. The Bertz CT molecular complexity index is 644. The lowest BCUT2D eigenvalue weighted by atomic mass is 10.1. The van der Waals surface area contributed by atoms with Crippen LogP contribution in [0.15, 0.2) is 30.7 Å². The van der Waals surface area contributed by atoms with Gasteiger partial charge in [-0.05, 0) is 26.3 Å². The molecule has 104 valence electrons. The van der Waals surface area contributed by atoms with Gasteiger partial charge >= 0.3 is 0 Å². The first-order valence-corrected chi connectivity index (χ1v) is 6.95. The summed E-state index contributed by atoms with van der Waals surface area (Å²) < 4.78 is 8.01. The van der Waals surface area contributed by atoms with E-state index in [9.17, 15) is 4.79 Å². The van der Waals surface area contributed by atoms with E-state index in [0.717, 1.165) is 29.0 Å². The van der Waals surface area contributed by atoms with Crippen LogP contribution in [0.2, 0.25) is 0 Å². The lowest BCUT2D eigenvalue weighted by Crippen LogP contribution is -2.08. The van der Waals surface area contributed by atoms with Crippen molar-refractivity contribution in [2.75, 3.05) is 0 Å². The Morgan fingerprint density at radius 2 is 2.20 bits per heavy atom. The zero-order valence-corrected chi connectivity index (χ0v) is 11.8. The Labute approximate surface area is 118 Å². The number of ketones is 1. The number of carbonyl (C=O) groups excluding carboxylic acids is 1. The number of aromatic nitrogens is 2. The van der Waals surface area contributed by atoms with Crippen LogP contribution in [0.3, 0.4) is 0 Å². The summed E-state index contributed by atoms with van der Waals surface area (Å²) in [6, 6.07) is 6.07. The summed E-state index contributed by atoms with van der Waals surface area (Å²) in [5.74, 6) is 1.04. The third-order valence-corrected chi connectivity index (χ3v) is 3.71. The highest BCUT2D eigenvalue weighted by atomic mass is 16.5. The summed E-state index contributed by atoms with van der Waals surface area (Å²) in [6.07, 6.45) is 5.03. The smallest absolute Gasteiger partial charge is 0.163 e. The van der Waals surface area contributed by atoms with E-state index in [1.807, 2.05) is 30.7 Å². The molecule has 0 atom stereocenters. The maximum absolute atomic E-state index is 11.7. The number of imidazole rings is 1. The van der Waals surface area contributed by atoms with Crippen molar-refractivity contribution in [2.45, 2.75) is 39.3 Å². The maximum atomic E-state index is 11.7. The van der Waals surface area contributed by atoms with Crippen molar-refractivity contribution < 1.29 is 9.53 Å².